The van der Waals surface area contributed by atoms with Gasteiger partial charge in [0, 0.05) is 0 Å². The zero-order chi connectivity index (χ0) is 16.2. The van der Waals surface area contributed by atoms with Crippen LogP contribution in [0.3, 0.4) is 0 Å². The first-order valence-corrected chi connectivity index (χ1v) is 8.88. The van der Waals surface area contributed by atoms with Gasteiger partial charge in [0.15, 0.2) is 5.76 Å². The van der Waals surface area contributed by atoms with Crippen molar-refractivity contribution in [3.8, 4) is 0 Å². The number of hydrogen-bond acceptors (Lipinski definition) is 4. The minimum absolute atomic E-state index is 0. The molecular formula is C19H26O4U. The van der Waals surface area contributed by atoms with Crippen LogP contribution in [-0.4, -0.2) is 28.9 Å². The van der Waals surface area contributed by atoms with E-state index >= 15 is 0 Å². The second-order valence-electron chi connectivity index (χ2n) is 8.13. The number of ether oxygens (including phenoxy) is 2. The third-order valence-electron chi connectivity index (χ3n) is 6.30. The van der Waals surface area contributed by atoms with E-state index < -0.39 is 11.7 Å². The molecule has 0 aromatic heterocycles. The fourth-order valence-electron chi connectivity index (χ4n) is 5.30. The quantitative estimate of drug-likeness (QED) is 0.186. The molecule has 0 aromatic rings. The van der Waals surface area contributed by atoms with Crippen molar-refractivity contribution in [1.29, 1.82) is 0 Å². The van der Waals surface area contributed by atoms with E-state index in [0.717, 1.165) is 19.3 Å². The van der Waals surface area contributed by atoms with E-state index in [2.05, 4.69) is 13.5 Å². The van der Waals surface area contributed by atoms with Crippen molar-refractivity contribution in [2.45, 2.75) is 69.2 Å². The van der Waals surface area contributed by atoms with Gasteiger partial charge in [0.25, 0.3) is 0 Å². The summed E-state index contributed by atoms with van der Waals surface area (Å²) in [6.07, 6.45) is 10.5. The zero-order valence-electron chi connectivity index (χ0n) is 14.1. The van der Waals surface area contributed by atoms with Gasteiger partial charge >= 0.3 is 37.1 Å². The van der Waals surface area contributed by atoms with E-state index in [1.165, 1.54) is 32.1 Å². The molecule has 5 heteroatoms. The first kappa shape index (κ1) is 18.8. The maximum atomic E-state index is 11.4. The fourth-order valence-corrected chi connectivity index (χ4v) is 5.30. The summed E-state index contributed by atoms with van der Waals surface area (Å²) in [5, 5.41) is 9.00. The maximum absolute atomic E-state index is 11.4. The molecule has 1 N–H and O–H groups in total. The van der Waals surface area contributed by atoms with E-state index in [0.29, 0.717) is 30.0 Å². The average molecular weight is 556 g/mol. The second kappa shape index (κ2) is 6.97. The van der Waals surface area contributed by atoms with E-state index in [1.807, 2.05) is 0 Å². The SMILES string of the molecule is C=C(O)C(=O)OC12C[C-]3CC(CC1C3)C2.[CH2-]C1CCC2OC2C1.[U+2]. The largest absolute Gasteiger partial charge is 2.00 e. The van der Waals surface area contributed by atoms with Gasteiger partial charge in [-0.05, 0) is 38.2 Å². The molecule has 1 heterocycles. The summed E-state index contributed by atoms with van der Waals surface area (Å²) in [6, 6.07) is 0. The second-order valence-corrected chi connectivity index (χ2v) is 8.13. The Kier molecular flexibility index (Phi) is 5.46. The Morgan fingerprint density at radius 2 is 2.08 bits per heavy atom. The van der Waals surface area contributed by atoms with Gasteiger partial charge in [-0.3, -0.25) is 0 Å². The normalized spacial score (nSPS) is 44.0. The molecule has 0 spiro atoms. The van der Waals surface area contributed by atoms with Crippen LogP contribution in [0.15, 0.2) is 12.3 Å². The summed E-state index contributed by atoms with van der Waals surface area (Å²) in [4.78, 5) is 11.4. The van der Waals surface area contributed by atoms with Gasteiger partial charge in [0.05, 0.1) is 17.8 Å². The monoisotopic (exact) mass is 556 g/mol. The Balaban J connectivity index is 0.000000159. The number of aliphatic hydroxyl groups is 1. The molecule has 6 unspecified atom stereocenters. The number of epoxide rings is 1. The van der Waals surface area contributed by atoms with Crippen LogP contribution in [0.5, 0.6) is 0 Å². The van der Waals surface area contributed by atoms with Crippen LogP contribution in [0, 0.1) is 61.7 Å². The van der Waals surface area contributed by atoms with Crippen molar-refractivity contribution in [2.75, 3.05) is 0 Å². The van der Waals surface area contributed by atoms with Crippen LogP contribution in [0.25, 0.3) is 0 Å². The first-order chi connectivity index (χ1) is 10.9. The number of carbonyl (C=O) groups excluding carboxylic acids is 1. The number of esters is 1. The summed E-state index contributed by atoms with van der Waals surface area (Å²) in [7, 11) is 0. The molecular weight excluding hydrogens is 530 g/mol. The van der Waals surface area contributed by atoms with Crippen LogP contribution in [0.1, 0.15) is 51.4 Å². The van der Waals surface area contributed by atoms with Crippen molar-refractivity contribution in [3.63, 3.8) is 0 Å². The summed E-state index contributed by atoms with van der Waals surface area (Å²) >= 11 is 0. The van der Waals surface area contributed by atoms with Crippen LogP contribution in [-0.2, 0) is 14.3 Å². The molecule has 5 saturated carbocycles. The number of fused-ring (bicyclic) bond motifs is 1. The van der Waals surface area contributed by atoms with Crippen molar-refractivity contribution in [1.82, 2.24) is 0 Å². The molecule has 0 aromatic carbocycles. The van der Waals surface area contributed by atoms with Gasteiger partial charge in [0.1, 0.15) is 0 Å². The predicted octanol–water partition coefficient (Wildman–Crippen LogP) is 3.53. The van der Waals surface area contributed by atoms with Crippen molar-refractivity contribution >= 4 is 5.97 Å². The minimum Gasteiger partial charge on any atom is -0.502 e. The predicted molar refractivity (Wildman–Crippen MR) is 85.3 cm³/mol. The maximum Gasteiger partial charge on any atom is 2.00 e. The molecule has 5 aliphatic carbocycles. The Hall–Kier alpha value is 0.0219. The first-order valence-electron chi connectivity index (χ1n) is 8.88. The smallest absolute Gasteiger partial charge is 0.502 e. The number of hydrogen-bond donors (Lipinski definition) is 1. The molecule has 6 aliphatic rings. The van der Waals surface area contributed by atoms with Gasteiger partial charge < -0.3 is 27.4 Å². The van der Waals surface area contributed by atoms with Crippen molar-refractivity contribution in [3.05, 3.63) is 25.2 Å². The van der Waals surface area contributed by atoms with Gasteiger partial charge in [-0.1, -0.05) is 12.3 Å². The van der Waals surface area contributed by atoms with E-state index in [-0.39, 0.29) is 36.7 Å². The van der Waals surface area contributed by atoms with Crippen LogP contribution < -0.4 is 0 Å². The molecule has 4 nitrogen and oxygen atoms in total. The number of carbonyl (C=O) groups is 1. The molecule has 6 fully saturated rings. The molecule has 130 valence electrons. The van der Waals surface area contributed by atoms with Crippen molar-refractivity contribution < 1.29 is 50.5 Å². The summed E-state index contributed by atoms with van der Waals surface area (Å²) < 4.78 is 10.8. The zero-order valence-corrected chi connectivity index (χ0v) is 18.3. The fraction of sp³-hybridized carbons (Fsp3) is 0.737. The summed E-state index contributed by atoms with van der Waals surface area (Å²) in [5.74, 6) is 2.35. The Bertz CT molecular complexity index is 505. The van der Waals surface area contributed by atoms with E-state index in [1.54, 1.807) is 5.92 Å². The van der Waals surface area contributed by atoms with Gasteiger partial charge in [0.2, 0.25) is 0 Å². The molecule has 6 rings (SSSR count). The third-order valence-corrected chi connectivity index (χ3v) is 6.30. The average Bonchev–Trinajstić information content (AvgIpc) is 3.15. The molecule has 24 heavy (non-hydrogen) atoms. The Labute approximate surface area is 168 Å². The molecule has 0 radical (unpaired) electrons. The standard InChI is InChI=1S/C12H15O3.C7H11O.U/c1-7(13)11(14)15-12-5-8-2-9(6-12)4-10(12)3-8;1-5-2-3-6-7(4-5)8-6;/h8,10,13H,1-6H2;5-7H,1-4H2;/q2*-1;+2. The molecule has 1 aliphatic heterocycles. The van der Waals surface area contributed by atoms with Crippen LogP contribution in [0.4, 0.5) is 0 Å². The minimum atomic E-state index is -0.635. The van der Waals surface area contributed by atoms with Crippen LogP contribution in [0.2, 0.25) is 0 Å². The van der Waals surface area contributed by atoms with Gasteiger partial charge in [-0.25, -0.2) is 4.79 Å². The Morgan fingerprint density at radius 3 is 2.71 bits per heavy atom. The van der Waals surface area contributed by atoms with Crippen LogP contribution >= 0.6 is 0 Å². The number of aliphatic hydroxyl groups excluding tert-OH is 1. The topological polar surface area (TPSA) is 59.1 Å². The van der Waals surface area contributed by atoms with Gasteiger partial charge in [-0.15, -0.1) is 6.42 Å². The van der Waals surface area contributed by atoms with E-state index in [9.17, 15) is 4.79 Å². The Morgan fingerprint density at radius 1 is 1.29 bits per heavy atom. The summed E-state index contributed by atoms with van der Waals surface area (Å²) in [5.41, 5.74) is -0.277. The molecule has 4 bridgehead atoms. The third kappa shape index (κ3) is 3.60. The van der Waals surface area contributed by atoms with Gasteiger partial charge in [-0.2, -0.15) is 18.8 Å². The summed E-state index contributed by atoms with van der Waals surface area (Å²) in [6.45, 7) is 7.21. The molecule has 6 atom stereocenters. The molecule has 1 saturated heterocycles. The van der Waals surface area contributed by atoms with Crippen molar-refractivity contribution in [2.24, 2.45) is 17.8 Å². The molecule has 0 amide bonds. The van der Waals surface area contributed by atoms with E-state index in [4.69, 9.17) is 14.6 Å². The number of rotatable bonds is 2.